The molecule has 1 amide bonds. The van der Waals surface area contributed by atoms with Gasteiger partial charge in [-0.15, -0.1) is 0 Å². The van der Waals surface area contributed by atoms with Crippen LogP contribution in [0.15, 0.2) is 6.08 Å². The minimum atomic E-state index is -0.420. The Labute approximate surface area is 97.7 Å². The van der Waals surface area contributed by atoms with E-state index >= 15 is 0 Å². The van der Waals surface area contributed by atoms with Crippen LogP contribution in [0.4, 0.5) is 4.79 Å². The van der Waals surface area contributed by atoms with Crippen molar-refractivity contribution >= 4 is 6.09 Å². The zero-order valence-electron chi connectivity index (χ0n) is 9.46. The van der Waals surface area contributed by atoms with Crippen molar-refractivity contribution in [3.05, 3.63) is 12.3 Å². The molecule has 0 N–H and O–H groups in total. The average molecular weight is 189 g/mol. The average Bonchev–Trinajstić information content (AvgIpc) is 2.03. The molecular formula is C10H16LiNO2. The Hall–Kier alpha value is -0.393. The Kier molecular flexibility index (Phi) is 5.33. The van der Waals surface area contributed by atoms with Crippen LogP contribution in [0, 0.1) is 6.20 Å². The Morgan fingerprint density at radius 1 is 1.50 bits per heavy atom. The minimum absolute atomic E-state index is 0. The van der Waals surface area contributed by atoms with E-state index in [4.69, 9.17) is 4.74 Å². The third-order valence-electron chi connectivity index (χ3n) is 1.59. The largest absolute Gasteiger partial charge is 1.00 e. The van der Waals surface area contributed by atoms with Crippen LogP contribution >= 0.6 is 0 Å². The Balaban J connectivity index is 0.00000169. The number of nitrogens with zero attached hydrogens (tertiary/aromatic N) is 1. The van der Waals surface area contributed by atoms with Gasteiger partial charge in [0, 0.05) is 0 Å². The SMILES string of the molecule is CC(C)(C)OC(=O)N1[C-]=CCCC1.[Li+]. The molecule has 1 heterocycles. The standard InChI is InChI=1S/C10H16NO2.Li/c1-10(2,3)13-9(12)11-7-5-4-6-8-11;/h5H,4,6,8H2,1-3H3;/q-1;+1. The van der Waals surface area contributed by atoms with Crippen molar-refractivity contribution < 1.29 is 28.4 Å². The Bertz CT molecular complexity index is 221. The van der Waals surface area contributed by atoms with Gasteiger partial charge < -0.3 is 14.4 Å². The van der Waals surface area contributed by atoms with Gasteiger partial charge >= 0.3 is 18.9 Å². The maximum Gasteiger partial charge on any atom is 1.00 e. The zero-order valence-corrected chi connectivity index (χ0v) is 9.46. The minimum Gasteiger partial charge on any atom is -0.530 e. The monoisotopic (exact) mass is 189 g/mol. The molecule has 0 fully saturated rings. The van der Waals surface area contributed by atoms with Crippen molar-refractivity contribution in [1.82, 2.24) is 4.90 Å². The zero-order chi connectivity index (χ0) is 9.90. The summed E-state index contributed by atoms with van der Waals surface area (Å²) in [6, 6.07) is 0. The van der Waals surface area contributed by atoms with Crippen molar-refractivity contribution in [2.24, 2.45) is 0 Å². The number of carbonyl (C=O) groups excluding carboxylic acids is 1. The Morgan fingerprint density at radius 3 is 2.57 bits per heavy atom. The van der Waals surface area contributed by atoms with Gasteiger partial charge in [-0.1, -0.05) is 0 Å². The number of ether oxygens (including phenoxy) is 1. The van der Waals surface area contributed by atoms with Crippen molar-refractivity contribution in [2.45, 2.75) is 39.2 Å². The number of amides is 1. The third-order valence-corrected chi connectivity index (χ3v) is 1.59. The summed E-state index contributed by atoms with van der Waals surface area (Å²) in [7, 11) is 0. The molecule has 0 unspecified atom stereocenters. The van der Waals surface area contributed by atoms with Gasteiger partial charge in [-0.25, -0.2) is 0 Å². The molecule has 0 aliphatic carbocycles. The molecule has 0 aromatic carbocycles. The molecule has 0 spiro atoms. The van der Waals surface area contributed by atoms with Crippen LogP contribution in [0.5, 0.6) is 0 Å². The fraction of sp³-hybridized carbons (Fsp3) is 0.700. The first-order chi connectivity index (χ1) is 5.99. The van der Waals surface area contributed by atoms with E-state index in [0.717, 1.165) is 12.8 Å². The van der Waals surface area contributed by atoms with Crippen LogP contribution in [0.2, 0.25) is 0 Å². The van der Waals surface area contributed by atoms with E-state index in [9.17, 15) is 4.79 Å². The molecule has 0 atom stereocenters. The summed E-state index contributed by atoms with van der Waals surface area (Å²) < 4.78 is 5.18. The van der Waals surface area contributed by atoms with Crippen LogP contribution in [-0.4, -0.2) is 23.1 Å². The van der Waals surface area contributed by atoms with Crippen LogP contribution in [0.25, 0.3) is 0 Å². The van der Waals surface area contributed by atoms with Crippen molar-refractivity contribution in [3.63, 3.8) is 0 Å². The first-order valence-corrected chi connectivity index (χ1v) is 4.57. The molecule has 74 valence electrons. The second kappa shape index (κ2) is 5.48. The summed E-state index contributed by atoms with van der Waals surface area (Å²) >= 11 is 0. The van der Waals surface area contributed by atoms with Gasteiger partial charge in [0.2, 0.25) is 6.09 Å². The molecule has 0 aromatic rings. The molecule has 1 rings (SSSR count). The molecule has 0 bridgehead atoms. The number of rotatable bonds is 0. The smallest absolute Gasteiger partial charge is 0.530 e. The van der Waals surface area contributed by atoms with E-state index < -0.39 is 5.60 Å². The van der Waals surface area contributed by atoms with Crippen LogP contribution in [0.3, 0.4) is 0 Å². The van der Waals surface area contributed by atoms with E-state index in [2.05, 4.69) is 6.20 Å². The third kappa shape index (κ3) is 4.74. The number of hydrogen-bond acceptors (Lipinski definition) is 2. The summed E-state index contributed by atoms with van der Waals surface area (Å²) in [5.74, 6) is 0. The van der Waals surface area contributed by atoms with Gasteiger partial charge in [-0.3, -0.25) is 0 Å². The molecule has 0 saturated heterocycles. The second-order valence-electron chi connectivity index (χ2n) is 4.11. The summed E-state index contributed by atoms with van der Waals surface area (Å²) in [5, 5.41) is 0. The van der Waals surface area contributed by atoms with Gasteiger partial charge in [0.15, 0.2) is 0 Å². The van der Waals surface area contributed by atoms with E-state index in [1.807, 2.05) is 26.8 Å². The van der Waals surface area contributed by atoms with E-state index in [1.54, 1.807) is 0 Å². The van der Waals surface area contributed by atoms with Crippen LogP contribution < -0.4 is 18.9 Å². The molecule has 1 aliphatic rings. The molecule has 0 radical (unpaired) electrons. The van der Waals surface area contributed by atoms with Gasteiger partial charge in [0.1, 0.15) is 0 Å². The van der Waals surface area contributed by atoms with Crippen molar-refractivity contribution in [2.75, 3.05) is 6.54 Å². The van der Waals surface area contributed by atoms with Crippen LogP contribution in [-0.2, 0) is 4.74 Å². The molecule has 0 saturated carbocycles. The number of carbonyl (C=O) groups is 1. The molecule has 4 heteroatoms. The van der Waals surface area contributed by atoms with Crippen LogP contribution in [0.1, 0.15) is 33.6 Å². The molecule has 14 heavy (non-hydrogen) atoms. The maximum absolute atomic E-state index is 11.4. The summed E-state index contributed by atoms with van der Waals surface area (Å²) in [6.07, 6.45) is 6.43. The number of allylic oxidation sites excluding steroid dienone is 1. The fourth-order valence-corrected chi connectivity index (χ4v) is 1.05. The molecule has 3 nitrogen and oxygen atoms in total. The van der Waals surface area contributed by atoms with Crippen molar-refractivity contribution in [3.8, 4) is 0 Å². The van der Waals surface area contributed by atoms with E-state index in [-0.39, 0.29) is 25.0 Å². The van der Waals surface area contributed by atoms with E-state index in [0.29, 0.717) is 6.54 Å². The van der Waals surface area contributed by atoms with E-state index in [1.165, 1.54) is 4.90 Å². The first-order valence-electron chi connectivity index (χ1n) is 4.57. The summed E-state index contributed by atoms with van der Waals surface area (Å²) in [6.45, 7) is 6.29. The maximum atomic E-state index is 11.4. The molecule has 0 aromatic heterocycles. The number of hydrogen-bond donors (Lipinski definition) is 0. The quantitative estimate of drug-likeness (QED) is 0.374. The van der Waals surface area contributed by atoms with Gasteiger partial charge in [-0.05, 0) is 40.2 Å². The predicted molar refractivity (Wildman–Crippen MR) is 50.0 cm³/mol. The molecule has 1 aliphatic heterocycles. The van der Waals surface area contributed by atoms with Gasteiger partial charge in [0.25, 0.3) is 0 Å². The van der Waals surface area contributed by atoms with Gasteiger partial charge in [0.05, 0.1) is 5.60 Å². The fourth-order valence-electron chi connectivity index (χ4n) is 1.05. The second-order valence-corrected chi connectivity index (χ2v) is 4.11. The first kappa shape index (κ1) is 13.6. The van der Waals surface area contributed by atoms with Gasteiger partial charge in [-0.2, -0.15) is 12.3 Å². The summed E-state index contributed by atoms with van der Waals surface area (Å²) in [5.41, 5.74) is -0.420. The normalized spacial score (nSPS) is 16.1. The topological polar surface area (TPSA) is 29.5 Å². The Morgan fingerprint density at radius 2 is 2.14 bits per heavy atom. The van der Waals surface area contributed by atoms with Crippen molar-refractivity contribution in [1.29, 1.82) is 0 Å². The predicted octanol–water partition coefficient (Wildman–Crippen LogP) is -0.662. The molecular weight excluding hydrogens is 173 g/mol. The summed E-state index contributed by atoms with van der Waals surface area (Å²) in [4.78, 5) is 12.9.